The van der Waals surface area contributed by atoms with Gasteiger partial charge in [0.15, 0.2) is 0 Å². The molecule has 14 nitrogen and oxygen atoms in total. The van der Waals surface area contributed by atoms with Crippen LogP contribution in [0.15, 0.2) is 65.9 Å². The highest BCUT2D eigenvalue weighted by atomic mass is 16.7. The van der Waals surface area contributed by atoms with Gasteiger partial charge in [0.2, 0.25) is 5.79 Å². The van der Waals surface area contributed by atoms with Gasteiger partial charge in [0, 0.05) is 44.2 Å². The molecule has 55 heavy (non-hydrogen) atoms. The Morgan fingerprint density at radius 3 is 2.45 bits per heavy atom. The summed E-state index contributed by atoms with van der Waals surface area (Å²) in [7, 11) is 6.20. The molecule has 6 atom stereocenters. The summed E-state index contributed by atoms with van der Waals surface area (Å²) in [6.07, 6.45) is 7.26. The van der Waals surface area contributed by atoms with E-state index in [-0.39, 0.29) is 56.4 Å². The van der Waals surface area contributed by atoms with Gasteiger partial charge in [-0.1, -0.05) is 30.1 Å². The van der Waals surface area contributed by atoms with Crippen LogP contribution in [-0.2, 0) is 14.3 Å². The molecule has 0 unspecified atom stereocenters. The summed E-state index contributed by atoms with van der Waals surface area (Å²) >= 11 is 0. The second-order valence-corrected chi connectivity index (χ2v) is 13.8. The van der Waals surface area contributed by atoms with Gasteiger partial charge in [-0.25, -0.2) is 9.59 Å². The fourth-order valence-electron chi connectivity index (χ4n) is 8.40. The lowest BCUT2D eigenvalue weighted by Gasteiger charge is -2.59. The molecule has 3 N–H and O–H groups in total. The molecular weight excluding hydrogens is 710 g/mol. The second kappa shape index (κ2) is 19.2. The number of anilines is 1. The number of amides is 2. The first-order valence-corrected chi connectivity index (χ1v) is 18.9. The predicted octanol–water partition coefficient (Wildman–Crippen LogP) is 6.67. The molecule has 1 saturated carbocycles. The molecule has 1 heterocycles. The number of methoxy groups -OCH3 is 2. The minimum Gasteiger partial charge on any atom is -0.497 e. The number of benzene rings is 2. The molecule has 1 fully saturated rings. The molecule has 2 aliphatic carbocycles. The maximum absolute atomic E-state index is 13.5. The van der Waals surface area contributed by atoms with E-state index in [1.165, 1.54) is 19.1 Å². The third-order valence-corrected chi connectivity index (χ3v) is 10.7. The number of carbonyl (C=O) groups is 2. The van der Waals surface area contributed by atoms with Gasteiger partial charge in [-0.3, -0.25) is 5.32 Å². The van der Waals surface area contributed by atoms with Crippen molar-refractivity contribution in [3.8, 4) is 23.0 Å². The zero-order valence-electron chi connectivity index (χ0n) is 32.5. The molecule has 0 bridgehead atoms. The molecule has 14 heteroatoms. The van der Waals surface area contributed by atoms with Crippen molar-refractivity contribution in [2.24, 2.45) is 22.9 Å². The van der Waals surface area contributed by atoms with Crippen molar-refractivity contribution in [1.82, 2.24) is 4.90 Å². The maximum atomic E-state index is 13.5. The van der Waals surface area contributed by atoms with Crippen molar-refractivity contribution in [3.63, 3.8) is 0 Å². The van der Waals surface area contributed by atoms with Crippen LogP contribution in [0.5, 0.6) is 23.0 Å². The largest absolute Gasteiger partial charge is 0.497 e. The Morgan fingerprint density at radius 1 is 1.04 bits per heavy atom. The molecule has 2 aromatic rings. The summed E-state index contributed by atoms with van der Waals surface area (Å²) in [4.78, 5) is 33.8. The summed E-state index contributed by atoms with van der Waals surface area (Å²) in [6, 6.07) is 9.59. The summed E-state index contributed by atoms with van der Waals surface area (Å²) in [5.41, 5.74) is 2.75. The molecular formula is C41H55N3O11. The average Bonchev–Trinajstić information content (AvgIpc) is 3.18. The number of aliphatic hydroxyl groups excluding tert-OH is 2. The lowest BCUT2D eigenvalue weighted by molar-refractivity contribution is -0.253. The molecule has 2 aromatic carbocycles. The molecule has 5 rings (SSSR count). The van der Waals surface area contributed by atoms with E-state index in [4.69, 9.17) is 33.3 Å². The summed E-state index contributed by atoms with van der Waals surface area (Å²) in [6.45, 7) is 6.13. The third kappa shape index (κ3) is 8.87. The fourth-order valence-corrected chi connectivity index (χ4v) is 8.40. The van der Waals surface area contributed by atoms with Gasteiger partial charge < -0.3 is 48.4 Å². The number of aliphatic hydroxyl groups is 2. The van der Waals surface area contributed by atoms with E-state index in [2.05, 4.69) is 23.1 Å². The SMILES string of the molecule is C=CCO[C@@]12Oc3ccc(OC(=O)Nc4ccc(OC)cc4OC)cc3[C@H]3[C@H](CCCCO)[C@@H](CCCCO)C=C(C(=NOC)C[C@@H]1N(C)C(=O)OCC)[C@H]32. The zero-order chi connectivity index (χ0) is 39.5. The third-order valence-electron chi connectivity index (χ3n) is 10.7. The van der Waals surface area contributed by atoms with E-state index in [9.17, 15) is 19.8 Å². The minimum absolute atomic E-state index is 0.00331. The minimum atomic E-state index is -1.41. The summed E-state index contributed by atoms with van der Waals surface area (Å²) in [5.74, 6) is -0.397. The highest BCUT2D eigenvalue weighted by molar-refractivity contribution is 6.03. The van der Waals surface area contributed by atoms with E-state index >= 15 is 0 Å². The first-order valence-electron chi connectivity index (χ1n) is 18.9. The fraction of sp³-hybridized carbons (Fsp3) is 0.537. The second-order valence-electron chi connectivity index (χ2n) is 13.8. The molecule has 3 aliphatic rings. The number of ether oxygens (including phenoxy) is 6. The number of hydrogen-bond acceptors (Lipinski definition) is 12. The zero-order valence-corrected chi connectivity index (χ0v) is 32.5. The monoisotopic (exact) mass is 765 g/mol. The lowest BCUT2D eigenvalue weighted by Crippen LogP contribution is -2.69. The molecule has 0 spiro atoms. The number of likely N-dealkylation sites (N-methyl/N-ethyl adjacent to an activating group) is 1. The van der Waals surface area contributed by atoms with Crippen molar-refractivity contribution in [2.75, 3.05) is 60.1 Å². The van der Waals surface area contributed by atoms with Crippen LogP contribution in [-0.4, -0.2) is 99.6 Å². The van der Waals surface area contributed by atoms with Crippen LogP contribution in [0.2, 0.25) is 0 Å². The average molecular weight is 766 g/mol. The highest BCUT2D eigenvalue weighted by Crippen LogP contribution is 2.61. The normalized spacial score (nSPS) is 24.3. The topological polar surface area (TPSA) is 167 Å². The standard InChI is InChI=1S/C41H55N3O11/c1-7-21-53-41-36(44(3)40(48)52-8-2)25-33(43-51-6)30-22-26(13-9-11-19-45)29(14-10-12-20-46)37(38(30)41)31-23-28(16-18-34(31)55-41)54-39(47)42-32-17-15-27(49-4)24-35(32)50-5/h7,15-18,22-24,26,29,36-38,45-46H,1,8-14,19-21,25H2,2-6H3,(H,42,47)/t26-,29+,36-,37+,38+,41+/m0/s1. The number of carbonyl (C=O) groups excluding carboxylic acids is 2. The van der Waals surface area contributed by atoms with Crippen LogP contribution < -0.4 is 24.3 Å². The Kier molecular flexibility index (Phi) is 14.4. The number of rotatable bonds is 18. The van der Waals surface area contributed by atoms with Gasteiger partial charge in [0.25, 0.3) is 0 Å². The van der Waals surface area contributed by atoms with Crippen LogP contribution in [0, 0.1) is 17.8 Å². The molecule has 300 valence electrons. The lowest BCUT2D eigenvalue weighted by atomic mass is 9.55. The van der Waals surface area contributed by atoms with Crippen molar-refractivity contribution in [1.29, 1.82) is 0 Å². The molecule has 2 amide bonds. The van der Waals surface area contributed by atoms with Gasteiger partial charge in [-0.2, -0.15) is 0 Å². The van der Waals surface area contributed by atoms with Crippen molar-refractivity contribution >= 4 is 23.6 Å². The number of hydrogen-bond donors (Lipinski definition) is 3. The first-order chi connectivity index (χ1) is 26.7. The van der Waals surface area contributed by atoms with Gasteiger partial charge in [-0.15, -0.1) is 6.58 Å². The van der Waals surface area contributed by atoms with Crippen LogP contribution in [0.1, 0.15) is 63.4 Å². The number of unbranched alkanes of at least 4 members (excludes halogenated alkanes) is 2. The molecule has 0 radical (unpaired) electrons. The van der Waals surface area contributed by atoms with Crippen molar-refractivity contribution in [2.45, 2.75) is 69.6 Å². The Hall–Kier alpha value is -4.79. The summed E-state index contributed by atoms with van der Waals surface area (Å²) < 4.78 is 36.0. The highest BCUT2D eigenvalue weighted by Gasteiger charge is 2.65. The van der Waals surface area contributed by atoms with E-state index in [1.807, 2.05) is 6.07 Å². The van der Waals surface area contributed by atoms with E-state index in [0.717, 1.165) is 36.8 Å². The molecule has 0 aromatic heterocycles. The number of nitrogens with one attached hydrogen (secondary N) is 1. The van der Waals surface area contributed by atoms with Crippen LogP contribution >= 0.6 is 0 Å². The van der Waals surface area contributed by atoms with Gasteiger partial charge >= 0.3 is 12.2 Å². The number of oxime groups is 1. The van der Waals surface area contributed by atoms with Crippen molar-refractivity contribution in [3.05, 3.63) is 66.3 Å². The van der Waals surface area contributed by atoms with Crippen LogP contribution in [0.3, 0.4) is 0 Å². The number of nitrogens with zero attached hydrogens (tertiary/aromatic N) is 2. The Morgan fingerprint density at radius 2 is 1.78 bits per heavy atom. The molecule has 1 aliphatic heterocycles. The van der Waals surface area contributed by atoms with Crippen LogP contribution in [0.4, 0.5) is 15.3 Å². The maximum Gasteiger partial charge on any atom is 0.417 e. The van der Waals surface area contributed by atoms with Gasteiger partial charge in [0.05, 0.1) is 44.8 Å². The quantitative estimate of drug-likeness (QED) is 0.0843. The number of fused-ring (bicyclic) bond motifs is 2. The van der Waals surface area contributed by atoms with E-state index < -0.39 is 29.9 Å². The Labute approximate surface area is 323 Å². The van der Waals surface area contributed by atoms with E-state index in [0.29, 0.717) is 41.5 Å². The predicted molar refractivity (Wildman–Crippen MR) is 206 cm³/mol. The van der Waals surface area contributed by atoms with Gasteiger partial charge in [0.1, 0.15) is 36.1 Å². The van der Waals surface area contributed by atoms with Crippen molar-refractivity contribution < 1.29 is 53.1 Å². The molecule has 0 saturated heterocycles. The van der Waals surface area contributed by atoms with Crippen LogP contribution in [0.25, 0.3) is 0 Å². The Balaban J connectivity index is 1.66. The Bertz CT molecular complexity index is 1710. The number of allylic oxidation sites excluding steroid dienone is 1. The first kappa shape index (κ1) is 41.4. The summed E-state index contributed by atoms with van der Waals surface area (Å²) in [5, 5.41) is 26.8. The van der Waals surface area contributed by atoms with E-state index in [1.54, 1.807) is 57.5 Å². The smallest absolute Gasteiger partial charge is 0.417 e. The van der Waals surface area contributed by atoms with Gasteiger partial charge in [-0.05, 0) is 80.3 Å².